The molecule has 0 spiro atoms. The number of amides is 1. The highest BCUT2D eigenvalue weighted by Crippen LogP contribution is 2.19. The fraction of sp³-hybridized carbons (Fsp3) is 0.294. The van der Waals surface area contributed by atoms with Crippen molar-refractivity contribution >= 4 is 22.6 Å². The van der Waals surface area contributed by atoms with Gasteiger partial charge in [0.05, 0.1) is 17.8 Å². The molecule has 124 valence electrons. The van der Waals surface area contributed by atoms with Crippen LogP contribution in [0.3, 0.4) is 0 Å². The van der Waals surface area contributed by atoms with Crippen molar-refractivity contribution < 1.29 is 4.79 Å². The Labute approximate surface area is 140 Å². The molecule has 0 aliphatic rings. The molecule has 7 nitrogen and oxygen atoms in total. The topological polar surface area (TPSA) is 84.7 Å². The number of benzene rings is 1. The molecule has 0 saturated heterocycles. The smallest absolute Gasteiger partial charge is 0.251 e. The number of hydrogen-bond acceptors (Lipinski definition) is 5. The molecule has 3 rings (SSSR count). The molecule has 0 fully saturated rings. The van der Waals surface area contributed by atoms with Crippen molar-refractivity contribution in [2.24, 2.45) is 0 Å². The van der Waals surface area contributed by atoms with Crippen LogP contribution in [0.4, 0.5) is 5.82 Å². The summed E-state index contributed by atoms with van der Waals surface area (Å²) in [5.74, 6) is 0.590. The number of carbonyl (C=O) groups excluding carboxylic acids is 1. The second kappa shape index (κ2) is 6.66. The van der Waals surface area contributed by atoms with Crippen LogP contribution in [-0.2, 0) is 6.54 Å². The van der Waals surface area contributed by atoms with E-state index in [1.807, 2.05) is 23.0 Å². The van der Waals surface area contributed by atoms with E-state index in [-0.39, 0.29) is 5.91 Å². The Morgan fingerprint density at radius 2 is 2.08 bits per heavy atom. The number of nitrogens with zero attached hydrogens (tertiary/aromatic N) is 4. The zero-order valence-corrected chi connectivity index (χ0v) is 13.9. The van der Waals surface area contributed by atoms with Gasteiger partial charge in [-0.2, -0.15) is 5.10 Å². The van der Waals surface area contributed by atoms with Gasteiger partial charge < -0.3 is 10.6 Å². The Balaban J connectivity index is 1.73. The van der Waals surface area contributed by atoms with Gasteiger partial charge in [-0.3, -0.25) is 9.48 Å². The first-order chi connectivity index (χ1) is 11.6. The van der Waals surface area contributed by atoms with E-state index in [2.05, 4.69) is 39.5 Å². The van der Waals surface area contributed by atoms with Crippen molar-refractivity contribution in [1.29, 1.82) is 0 Å². The minimum absolute atomic E-state index is 0.152. The van der Waals surface area contributed by atoms with Gasteiger partial charge >= 0.3 is 0 Å². The summed E-state index contributed by atoms with van der Waals surface area (Å²) in [5, 5.41) is 11.2. The number of fused-ring (bicyclic) bond motifs is 1. The second-order valence-electron chi connectivity index (χ2n) is 5.77. The molecule has 0 radical (unpaired) electrons. The lowest BCUT2D eigenvalue weighted by atomic mass is 10.1. The third-order valence-electron chi connectivity index (χ3n) is 3.76. The number of rotatable bonds is 5. The van der Waals surface area contributed by atoms with E-state index in [1.165, 1.54) is 6.33 Å². The van der Waals surface area contributed by atoms with Crippen molar-refractivity contribution in [2.75, 3.05) is 12.4 Å². The van der Waals surface area contributed by atoms with Crippen LogP contribution < -0.4 is 10.6 Å². The molecule has 7 heteroatoms. The quantitative estimate of drug-likeness (QED) is 0.753. The molecule has 0 saturated carbocycles. The predicted octanol–water partition coefficient (Wildman–Crippen LogP) is 2.38. The Hall–Kier alpha value is -2.96. The molecule has 3 aromatic rings. The first-order valence-corrected chi connectivity index (χ1v) is 7.83. The number of carbonyl (C=O) groups is 1. The zero-order valence-electron chi connectivity index (χ0n) is 13.9. The first-order valence-electron chi connectivity index (χ1n) is 7.83. The van der Waals surface area contributed by atoms with E-state index in [0.717, 1.165) is 22.4 Å². The monoisotopic (exact) mass is 324 g/mol. The summed E-state index contributed by atoms with van der Waals surface area (Å²) in [4.78, 5) is 20.7. The fourth-order valence-corrected chi connectivity index (χ4v) is 2.43. The molecule has 0 bridgehead atoms. The number of aromatic nitrogens is 4. The van der Waals surface area contributed by atoms with Crippen LogP contribution in [0, 0.1) is 0 Å². The van der Waals surface area contributed by atoms with Crippen molar-refractivity contribution in [2.45, 2.75) is 26.4 Å². The normalized spacial score (nSPS) is 11.0. The summed E-state index contributed by atoms with van der Waals surface area (Å²) in [6, 6.07) is 7.60. The Kier molecular flexibility index (Phi) is 4.41. The maximum Gasteiger partial charge on any atom is 0.251 e. The Morgan fingerprint density at radius 1 is 1.25 bits per heavy atom. The number of nitrogens with one attached hydrogen (secondary N) is 2. The third-order valence-corrected chi connectivity index (χ3v) is 3.76. The molecule has 0 unspecified atom stereocenters. The third kappa shape index (κ3) is 3.19. The van der Waals surface area contributed by atoms with Gasteiger partial charge in [-0.05, 0) is 38.1 Å². The van der Waals surface area contributed by atoms with Crippen LogP contribution in [0.25, 0.3) is 10.9 Å². The molecule has 24 heavy (non-hydrogen) atoms. The summed E-state index contributed by atoms with van der Waals surface area (Å²) in [5.41, 5.74) is 2.12. The van der Waals surface area contributed by atoms with E-state index in [4.69, 9.17) is 0 Å². The van der Waals surface area contributed by atoms with Gasteiger partial charge in [0.2, 0.25) is 0 Å². The highest BCUT2D eigenvalue weighted by molar-refractivity contribution is 5.99. The van der Waals surface area contributed by atoms with E-state index in [0.29, 0.717) is 18.2 Å². The lowest BCUT2D eigenvalue weighted by Gasteiger charge is -2.07. The summed E-state index contributed by atoms with van der Waals surface area (Å²) >= 11 is 0. The van der Waals surface area contributed by atoms with Crippen molar-refractivity contribution in [3.63, 3.8) is 0 Å². The highest BCUT2D eigenvalue weighted by Gasteiger charge is 2.10. The van der Waals surface area contributed by atoms with Gasteiger partial charge in [0.25, 0.3) is 5.91 Å². The van der Waals surface area contributed by atoms with Gasteiger partial charge in [-0.25, -0.2) is 9.97 Å². The maximum atomic E-state index is 12.4. The van der Waals surface area contributed by atoms with E-state index in [1.54, 1.807) is 19.2 Å². The maximum absolute atomic E-state index is 12.4. The minimum Gasteiger partial charge on any atom is -0.373 e. The average molecular weight is 324 g/mol. The lowest BCUT2D eigenvalue weighted by Crippen LogP contribution is -2.23. The lowest BCUT2D eigenvalue weighted by molar-refractivity contribution is 0.0950. The summed E-state index contributed by atoms with van der Waals surface area (Å²) in [6.07, 6.45) is 3.40. The fourth-order valence-electron chi connectivity index (χ4n) is 2.43. The molecular formula is C17H20N6O. The van der Waals surface area contributed by atoms with Crippen molar-refractivity contribution in [3.05, 3.63) is 48.0 Å². The van der Waals surface area contributed by atoms with E-state index >= 15 is 0 Å². The van der Waals surface area contributed by atoms with Gasteiger partial charge in [0, 0.05) is 30.2 Å². The molecule has 0 aliphatic carbocycles. The van der Waals surface area contributed by atoms with Gasteiger partial charge in [0.1, 0.15) is 12.1 Å². The number of hydrogen-bond donors (Lipinski definition) is 2. The van der Waals surface area contributed by atoms with Crippen LogP contribution in [0.1, 0.15) is 35.9 Å². The zero-order chi connectivity index (χ0) is 17.1. The predicted molar refractivity (Wildman–Crippen MR) is 92.9 cm³/mol. The van der Waals surface area contributed by atoms with Gasteiger partial charge in [0.15, 0.2) is 0 Å². The number of anilines is 1. The molecule has 1 aromatic carbocycles. The summed E-state index contributed by atoms with van der Waals surface area (Å²) in [7, 11) is 1.80. The molecule has 2 aromatic heterocycles. The highest BCUT2D eigenvalue weighted by atomic mass is 16.1. The molecule has 0 atom stereocenters. The molecule has 0 aliphatic heterocycles. The van der Waals surface area contributed by atoms with E-state index < -0.39 is 0 Å². The summed E-state index contributed by atoms with van der Waals surface area (Å²) in [6.45, 7) is 4.51. The molecule has 1 amide bonds. The average Bonchev–Trinajstić information content (AvgIpc) is 3.08. The van der Waals surface area contributed by atoms with Gasteiger partial charge in [-0.15, -0.1) is 0 Å². The first kappa shape index (κ1) is 15.9. The molecular weight excluding hydrogens is 304 g/mol. The SMILES string of the molecule is CNc1ncnc2cc(C(=O)NCc3ccn(C(C)C)n3)ccc12. The molecule has 2 N–H and O–H groups in total. The summed E-state index contributed by atoms with van der Waals surface area (Å²) < 4.78 is 1.87. The van der Waals surface area contributed by atoms with Gasteiger partial charge in [-0.1, -0.05) is 0 Å². The molecule has 2 heterocycles. The van der Waals surface area contributed by atoms with E-state index in [9.17, 15) is 4.79 Å². The standard InChI is InChI=1S/C17H20N6O/c1-11(2)23-7-6-13(22-23)9-19-17(24)12-4-5-14-15(8-12)20-10-21-16(14)18-3/h4-8,10-11H,9H2,1-3H3,(H,19,24)(H,18,20,21). The minimum atomic E-state index is -0.152. The van der Waals surface area contributed by atoms with Crippen molar-refractivity contribution in [3.8, 4) is 0 Å². The van der Waals surface area contributed by atoms with Crippen LogP contribution in [0.5, 0.6) is 0 Å². The Bertz CT molecular complexity index is 870. The largest absolute Gasteiger partial charge is 0.373 e. The van der Waals surface area contributed by atoms with Crippen LogP contribution >= 0.6 is 0 Å². The van der Waals surface area contributed by atoms with Crippen LogP contribution in [0.15, 0.2) is 36.8 Å². The van der Waals surface area contributed by atoms with Crippen LogP contribution in [0.2, 0.25) is 0 Å². The Morgan fingerprint density at radius 3 is 2.79 bits per heavy atom. The second-order valence-corrected chi connectivity index (χ2v) is 5.77. The van der Waals surface area contributed by atoms with Crippen molar-refractivity contribution in [1.82, 2.24) is 25.1 Å². The van der Waals surface area contributed by atoms with Crippen LogP contribution in [-0.4, -0.2) is 32.7 Å².